The number of aromatic nitrogens is 2. The number of aryl methyl sites for hydroxylation is 2. The van der Waals surface area contributed by atoms with Crippen molar-refractivity contribution >= 4 is 36.0 Å². The first-order valence-electron chi connectivity index (χ1n) is 10.4. The second kappa shape index (κ2) is 13.7. The van der Waals surface area contributed by atoms with Crippen LogP contribution in [0.5, 0.6) is 0 Å². The van der Waals surface area contributed by atoms with Gasteiger partial charge < -0.3 is 20.3 Å². The standard InChI is InChI=1S/C21H40N6O2.HI/c1-16(2)18(25-20(28)29-21(4,5)6)10-13-26(8)19(22-7)23-11-9-12-27-15-17(3)14-24-27;/h14-16,18H,9-13H2,1-8H3,(H,22,23)(H,25,28);1H. The van der Waals surface area contributed by atoms with Crippen LogP contribution >= 0.6 is 24.0 Å². The summed E-state index contributed by atoms with van der Waals surface area (Å²) in [7, 11) is 3.80. The van der Waals surface area contributed by atoms with Gasteiger partial charge in [-0.1, -0.05) is 13.8 Å². The third kappa shape index (κ3) is 11.6. The van der Waals surface area contributed by atoms with E-state index in [1.165, 1.54) is 5.56 Å². The molecule has 30 heavy (non-hydrogen) atoms. The van der Waals surface area contributed by atoms with E-state index in [1.807, 2.05) is 51.8 Å². The topological polar surface area (TPSA) is 83.8 Å². The quantitative estimate of drug-likeness (QED) is 0.218. The van der Waals surface area contributed by atoms with E-state index in [0.717, 1.165) is 38.4 Å². The van der Waals surface area contributed by atoms with Crippen LogP contribution in [0.15, 0.2) is 17.4 Å². The Balaban J connectivity index is 0.00000841. The van der Waals surface area contributed by atoms with E-state index in [4.69, 9.17) is 4.74 Å². The number of alkyl carbamates (subject to hydrolysis) is 1. The number of ether oxygens (including phenoxy) is 1. The van der Waals surface area contributed by atoms with Gasteiger partial charge in [-0.15, -0.1) is 24.0 Å². The van der Waals surface area contributed by atoms with Gasteiger partial charge in [-0.05, 0) is 52.0 Å². The summed E-state index contributed by atoms with van der Waals surface area (Å²) >= 11 is 0. The summed E-state index contributed by atoms with van der Waals surface area (Å²) in [6, 6.07) is 0.0356. The first-order valence-corrected chi connectivity index (χ1v) is 10.4. The van der Waals surface area contributed by atoms with Crippen molar-refractivity contribution in [3.63, 3.8) is 0 Å². The molecule has 1 aromatic rings. The van der Waals surface area contributed by atoms with Crippen molar-refractivity contribution < 1.29 is 9.53 Å². The Bertz CT molecular complexity index is 654. The summed E-state index contributed by atoms with van der Waals surface area (Å²) in [5.74, 6) is 1.16. The molecule has 0 radical (unpaired) electrons. The molecule has 8 nitrogen and oxygen atoms in total. The lowest BCUT2D eigenvalue weighted by Crippen LogP contribution is -2.45. The Morgan fingerprint density at radius 3 is 2.53 bits per heavy atom. The first kappa shape index (κ1) is 28.5. The van der Waals surface area contributed by atoms with Crippen LogP contribution < -0.4 is 10.6 Å². The lowest BCUT2D eigenvalue weighted by molar-refractivity contribution is 0.0486. The van der Waals surface area contributed by atoms with Crippen molar-refractivity contribution in [1.29, 1.82) is 0 Å². The molecule has 9 heteroatoms. The van der Waals surface area contributed by atoms with Crippen molar-refractivity contribution in [1.82, 2.24) is 25.3 Å². The minimum atomic E-state index is -0.497. The molecule has 1 atom stereocenters. The summed E-state index contributed by atoms with van der Waals surface area (Å²) in [5.41, 5.74) is 0.677. The predicted octanol–water partition coefficient (Wildman–Crippen LogP) is 3.65. The number of hydrogen-bond acceptors (Lipinski definition) is 4. The Morgan fingerprint density at radius 1 is 1.37 bits per heavy atom. The van der Waals surface area contributed by atoms with Gasteiger partial charge in [-0.25, -0.2) is 4.79 Å². The van der Waals surface area contributed by atoms with Gasteiger partial charge in [0.1, 0.15) is 5.60 Å². The molecule has 1 unspecified atom stereocenters. The summed E-state index contributed by atoms with van der Waals surface area (Å²) in [6.07, 6.45) is 5.32. The zero-order valence-electron chi connectivity index (χ0n) is 19.9. The minimum Gasteiger partial charge on any atom is -0.444 e. The van der Waals surface area contributed by atoms with Crippen LogP contribution in [0.1, 0.15) is 53.0 Å². The van der Waals surface area contributed by atoms with Gasteiger partial charge in [0.15, 0.2) is 5.96 Å². The summed E-state index contributed by atoms with van der Waals surface area (Å²) in [6.45, 7) is 14.3. The van der Waals surface area contributed by atoms with E-state index >= 15 is 0 Å². The highest BCUT2D eigenvalue weighted by Gasteiger charge is 2.22. The first-order chi connectivity index (χ1) is 13.5. The fourth-order valence-corrected chi connectivity index (χ4v) is 2.88. The number of amides is 1. The van der Waals surface area contributed by atoms with E-state index < -0.39 is 5.60 Å². The van der Waals surface area contributed by atoms with Crippen molar-refractivity contribution in [3.05, 3.63) is 18.0 Å². The molecule has 1 rings (SSSR count). The van der Waals surface area contributed by atoms with Gasteiger partial charge in [-0.2, -0.15) is 5.10 Å². The number of rotatable bonds is 9. The normalized spacial score (nSPS) is 12.9. The molecule has 0 saturated carbocycles. The Morgan fingerprint density at radius 2 is 2.03 bits per heavy atom. The number of carbonyl (C=O) groups excluding carboxylic acids is 1. The maximum Gasteiger partial charge on any atom is 0.407 e. The van der Waals surface area contributed by atoms with Gasteiger partial charge in [0.2, 0.25) is 0 Å². The number of carbonyl (C=O) groups is 1. The number of guanidine groups is 1. The molecule has 2 N–H and O–H groups in total. The maximum absolute atomic E-state index is 12.1. The Labute approximate surface area is 199 Å². The number of nitrogens with zero attached hydrogens (tertiary/aromatic N) is 4. The molecule has 0 aliphatic heterocycles. The third-order valence-corrected chi connectivity index (χ3v) is 4.47. The molecule has 0 bridgehead atoms. The fraction of sp³-hybridized carbons (Fsp3) is 0.762. The van der Waals surface area contributed by atoms with Crippen LogP contribution in [0, 0.1) is 12.8 Å². The minimum absolute atomic E-state index is 0. The summed E-state index contributed by atoms with van der Waals surface area (Å²) in [4.78, 5) is 18.6. The lowest BCUT2D eigenvalue weighted by atomic mass is 10.0. The Kier molecular flexibility index (Phi) is 13.0. The molecule has 0 aliphatic rings. The largest absolute Gasteiger partial charge is 0.444 e. The zero-order valence-corrected chi connectivity index (χ0v) is 22.2. The third-order valence-electron chi connectivity index (χ3n) is 4.47. The summed E-state index contributed by atoms with van der Waals surface area (Å²) in [5, 5.41) is 10.7. The van der Waals surface area contributed by atoms with Crippen molar-refractivity contribution in [2.45, 2.75) is 72.6 Å². The monoisotopic (exact) mass is 536 g/mol. The van der Waals surface area contributed by atoms with Gasteiger partial charge >= 0.3 is 6.09 Å². The Hall–Kier alpha value is -1.52. The van der Waals surface area contributed by atoms with E-state index in [0.29, 0.717) is 5.92 Å². The second-order valence-corrected chi connectivity index (χ2v) is 8.82. The maximum atomic E-state index is 12.1. The molecule has 0 aliphatic carbocycles. The molecule has 0 spiro atoms. The number of hydrogen-bond donors (Lipinski definition) is 2. The van der Waals surface area contributed by atoms with E-state index in [-0.39, 0.29) is 36.1 Å². The van der Waals surface area contributed by atoms with Crippen molar-refractivity contribution in [3.8, 4) is 0 Å². The molecular weight excluding hydrogens is 495 g/mol. The molecule has 1 heterocycles. The molecule has 0 saturated heterocycles. The SMILES string of the molecule is CN=C(NCCCn1cc(C)cn1)N(C)CCC(NC(=O)OC(C)(C)C)C(C)C.I. The molecular formula is C21H41IN6O2. The number of aliphatic imine (C=N–C) groups is 1. The van der Waals surface area contributed by atoms with Crippen LogP contribution in [0.2, 0.25) is 0 Å². The average molecular weight is 537 g/mol. The van der Waals surface area contributed by atoms with Gasteiger partial charge in [0, 0.05) is 46.0 Å². The van der Waals surface area contributed by atoms with E-state index in [2.05, 4.69) is 39.5 Å². The zero-order chi connectivity index (χ0) is 22.0. The molecule has 174 valence electrons. The van der Waals surface area contributed by atoms with Crippen molar-refractivity contribution in [2.24, 2.45) is 10.9 Å². The van der Waals surface area contributed by atoms with Crippen LogP contribution in [-0.4, -0.2) is 65.6 Å². The number of nitrogens with one attached hydrogen (secondary N) is 2. The molecule has 0 aromatic carbocycles. The van der Waals surface area contributed by atoms with Crippen LogP contribution in [0.4, 0.5) is 4.79 Å². The van der Waals surface area contributed by atoms with Crippen LogP contribution in [0.25, 0.3) is 0 Å². The van der Waals surface area contributed by atoms with Gasteiger partial charge in [0.25, 0.3) is 0 Å². The average Bonchev–Trinajstić information content (AvgIpc) is 3.01. The van der Waals surface area contributed by atoms with E-state index in [9.17, 15) is 4.79 Å². The van der Waals surface area contributed by atoms with E-state index in [1.54, 1.807) is 7.05 Å². The fourth-order valence-electron chi connectivity index (χ4n) is 2.88. The van der Waals surface area contributed by atoms with Crippen LogP contribution in [-0.2, 0) is 11.3 Å². The van der Waals surface area contributed by atoms with Gasteiger partial charge in [-0.3, -0.25) is 9.67 Å². The highest BCUT2D eigenvalue weighted by atomic mass is 127. The summed E-state index contributed by atoms with van der Waals surface area (Å²) < 4.78 is 7.35. The lowest BCUT2D eigenvalue weighted by Gasteiger charge is -2.28. The highest BCUT2D eigenvalue weighted by Crippen LogP contribution is 2.11. The van der Waals surface area contributed by atoms with Crippen LogP contribution in [0.3, 0.4) is 0 Å². The molecule has 1 amide bonds. The smallest absolute Gasteiger partial charge is 0.407 e. The predicted molar refractivity (Wildman–Crippen MR) is 134 cm³/mol. The molecule has 0 fully saturated rings. The number of halogens is 1. The van der Waals surface area contributed by atoms with Crippen molar-refractivity contribution in [2.75, 3.05) is 27.2 Å². The molecule has 1 aromatic heterocycles. The highest BCUT2D eigenvalue weighted by molar-refractivity contribution is 14.0. The van der Waals surface area contributed by atoms with Gasteiger partial charge in [0.05, 0.1) is 6.20 Å². The second-order valence-electron chi connectivity index (χ2n) is 8.82.